The lowest BCUT2D eigenvalue weighted by Gasteiger charge is -2.08. The first-order valence-corrected chi connectivity index (χ1v) is 4.39. The molecule has 0 spiro atoms. The molecule has 15 heavy (non-hydrogen) atoms. The third-order valence-corrected chi connectivity index (χ3v) is 1.86. The number of hydrogen-bond donors (Lipinski definition) is 1. The van der Waals surface area contributed by atoms with Crippen molar-refractivity contribution in [1.29, 1.82) is 0 Å². The molecule has 0 aliphatic rings. The third-order valence-electron chi connectivity index (χ3n) is 1.55. The number of ether oxygens (including phenoxy) is 1. The van der Waals surface area contributed by atoms with E-state index in [2.05, 4.69) is 0 Å². The van der Waals surface area contributed by atoms with Gasteiger partial charge in [0.25, 0.3) is 0 Å². The van der Waals surface area contributed by atoms with Crippen LogP contribution in [0.15, 0.2) is 18.2 Å². The molecule has 0 saturated heterocycles. The predicted octanol–water partition coefficient (Wildman–Crippen LogP) is 2.04. The van der Waals surface area contributed by atoms with Gasteiger partial charge in [0.05, 0.1) is 0 Å². The molecule has 0 bridgehead atoms. The highest BCUT2D eigenvalue weighted by atomic mass is 35.5. The Morgan fingerprint density at radius 2 is 2.20 bits per heavy atom. The van der Waals surface area contributed by atoms with Gasteiger partial charge >= 0.3 is 5.97 Å². The van der Waals surface area contributed by atoms with Gasteiger partial charge in [-0.15, -0.1) is 11.6 Å². The van der Waals surface area contributed by atoms with E-state index in [1.165, 1.54) is 0 Å². The Labute approximate surface area is 89.2 Å². The second-order valence-corrected chi connectivity index (χ2v) is 3.22. The zero-order valence-corrected chi connectivity index (χ0v) is 8.17. The molecule has 0 radical (unpaired) electrons. The normalized spacial score (nSPS) is 12.2. The lowest BCUT2D eigenvalue weighted by Crippen LogP contribution is -2.21. The molecule has 1 aromatic carbocycles. The summed E-state index contributed by atoms with van der Waals surface area (Å²) in [6.07, 6.45) is 0. The lowest BCUT2D eigenvalue weighted by atomic mass is 10.3. The first-order valence-electron chi connectivity index (χ1n) is 3.95. The Bertz CT molecular complexity index is 370. The molecule has 1 atom stereocenters. The Balaban J connectivity index is 2.65. The van der Waals surface area contributed by atoms with Crippen molar-refractivity contribution in [3.8, 4) is 5.75 Å². The molecule has 0 amide bonds. The number of hydrogen-bond acceptors (Lipinski definition) is 2. The number of carboxylic acids is 1. The Morgan fingerprint density at radius 3 is 2.80 bits per heavy atom. The summed E-state index contributed by atoms with van der Waals surface area (Å²) in [6.45, 7) is -0.433. The summed E-state index contributed by atoms with van der Waals surface area (Å²) in [5.74, 6) is -3.09. The van der Waals surface area contributed by atoms with Crippen molar-refractivity contribution in [2.24, 2.45) is 0 Å². The summed E-state index contributed by atoms with van der Waals surface area (Å²) in [5, 5.41) is 7.11. The smallest absolute Gasteiger partial charge is 0.325 e. The quantitative estimate of drug-likeness (QED) is 0.814. The molecule has 0 aliphatic carbocycles. The molecule has 0 aromatic heterocycles. The molecule has 82 valence electrons. The van der Waals surface area contributed by atoms with Gasteiger partial charge in [-0.05, 0) is 12.1 Å². The van der Waals surface area contributed by atoms with Crippen molar-refractivity contribution in [2.45, 2.75) is 5.38 Å². The van der Waals surface area contributed by atoms with Crippen LogP contribution in [-0.4, -0.2) is 23.1 Å². The maximum atomic E-state index is 12.9. The van der Waals surface area contributed by atoms with Gasteiger partial charge in [-0.25, -0.2) is 8.78 Å². The van der Waals surface area contributed by atoms with Crippen LogP contribution >= 0.6 is 11.6 Å². The molecule has 1 rings (SSSR count). The van der Waals surface area contributed by atoms with Crippen LogP contribution in [0.3, 0.4) is 0 Å². The van der Waals surface area contributed by atoms with Crippen molar-refractivity contribution in [2.75, 3.05) is 6.61 Å². The van der Waals surface area contributed by atoms with Gasteiger partial charge in [0, 0.05) is 6.07 Å². The maximum Gasteiger partial charge on any atom is 0.325 e. The first kappa shape index (κ1) is 11.7. The zero-order chi connectivity index (χ0) is 11.4. The number of alkyl halides is 1. The van der Waals surface area contributed by atoms with E-state index >= 15 is 0 Å². The minimum atomic E-state index is -1.30. The number of aliphatic carboxylic acids is 1. The molecule has 3 nitrogen and oxygen atoms in total. The summed E-state index contributed by atoms with van der Waals surface area (Å²) < 4.78 is 30.3. The van der Waals surface area contributed by atoms with Crippen molar-refractivity contribution in [1.82, 2.24) is 0 Å². The SMILES string of the molecule is O=C(O)C(Cl)COc1cc(F)ccc1F. The van der Waals surface area contributed by atoms with E-state index < -0.39 is 29.6 Å². The topological polar surface area (TPSA) is 46.5 Å². The molecular formula is C9H7ClF2O3. The second-order valence-electron chi connectivity index (χ2n) is 2.69. The zero-order valence-electron chi connectivity index (χ0n) is 7.41. The highest BCUT2D eigenvalue weighted by molar-refractivity contribution is 6.29. The van der Waals surface area contributed by atoms with Crippen LogP contribution in [-0.2, 0) is 4.79 Å². The van der Waals surface area contributed by atoms with Crippen LogP contribution < -0.4 is 4.74 Å². The maximum absolute atomic E-state index is 12.9. The van der Waals surface area contributed by atoms with Gasteiger partial charge in [-0.1, -0.05) is 0 Å². The van der Waals surface area contributed by atoms with E-state index in [0.29, 0.717) is 0 Å². The highest BCUT2D eigenvalue weighted by Crippen LogP contribution is 2.18. The minimum Gasteiger partial charge on any atom is -0.488 e. The van der Waals surface area contributed by atoms with Crippen LogP contribution in [0.25, 0.3) is 0 Å². The molecule has 1 unspecified atom stereocenters. The van der Waals surface area contributed by atoms with Crippen molar-refractivity contribution in [3.05, 3.63) is 29.8 Å². The van der Waals surface area contributed by atoms with Crippen molar-refractivity contribution in [3.63, 3.8) is 0 Å². The van der Waals surface area contributed by atoms with Gasteiger partial charge in [0.1, 0.15) is 12.4 Å². The summed E-state index contributed by atoms with van der Waals surface area (Å²) >= 11 is 5.32. The van der Waals surface area contributed by atoms with Crippen LogP contribution in [0.1, 0.15) is 0 Å². The van der Waals surface area contributed by atoms with Crippen LogP contribution in [0.5, 0.6) is 5.75 Å². The fraction of sp³-hybridized carbons (Fsp3) is 0.222. The molecule has 0 saturated carbocycles. The average molecular weight is 237 g/mol. The van der Waals surface area contributed by atoms with Crippen LogP contribution in [0.4, 0.5) is 8.78 Å². The van der Waals surface area contributed by atoms with E-state index in [1.807, 2.05) is 0 Å². The molecule has 0 heterocycles. The highest BCUT2D eigenvalue weighted by Gasteiger charge is 2.15. The van der Waals surface area contributed by atoms with E-state index in [0.717, 1.165) is 18.2 Å². The fourth-order valence-electron chi connectivity index (χ4n) is 0.822. The predicted molar refractivity (Wildman–Crippen MR) is 49.1 cm³/mol. The Morgan fingerprint density at radius 1 is 1.53 bits per heavy atom. The molecule has 1 N–H and O–H groups in total. The molecule has 0 aliphatic heterocycles. The van der Waals surface area contributed by atoms with Crippen LogP contribution in [0.2, 0.25) is 0 Å². The van der Waals surface area contributed by atoms with Gasteiger partial charge in [0.2, 0.25) is 0 Å². The molecule has 0 fully saturated rings. The molecule has 6 heteroatoms. The Hall–Kier alpha value is -1.36. The lowest BCUT2D eigenvalue weighted by molar-refractivity contribution is -0.137. The molecule has 1 aromatic rings. The average Bonchev–Trinajstić information content (AvgIpc) is 2.18. The minimum absolute atomic E-state index is 0.359. The van der Waals surface area contributed by atoms with Gasteiger partial charge < -0.3 is 9.84 Å². The third kappa shape index (κ3) is 3.36. The van der Waals surface area contributed by atoms with Gasteiger partial charge in [-0.3, -0.25) is 4.79 Å². The van der Waals surface area contributed by atoms with Crippen LogP contribution in [0, 0.1) is 11.6 Å². The molecular weight excluding hydrogens is 230 g/mol. The number of carbonyl (C=O) groups is 1. The summed E-state index contributed by atoms with van der Waals surface area (Å²) in [5.41, 5.74) is 0. The largest absolute Gasteiger partial charge is 0.488 e. The van der Waals surface area contributed by atoms with Gasteiger partial charge in [-0.2, -0.15) is 0 Å². The summed E-state index contributed by atoms with van der Waals surface area (Å²) in [7, 11) is 0. The fourth-order valence-corrected chi connectivity index (χ4v) is 0.885. The number of carboxylic acid groups (broad SMARTS) is 1. The van der Waals surface area contributed by atoms with Crippen molar-refractivity contribution >= 4 is 17.6 Å². The number of rotatable bonds is 4. The second kappa shape index (κ2) is 4.93. The van der Waals surface area contributed by atoms with E-state index in [4.69, 9.17) is 21.4 Å². The number of benzene rings is 1. The Kier molecular flexibility index (Phi) is 3.85. The first-order chi connectivity index (χ1) is 7.00. The van der Waals surface area contributed by atoms with E-state index in [-0.39, 0.29) is 5.75 Å². The summed E-state index contributed by atoms with van der Waals surface area (Å²) in [4.78, 5) is 10.3. The van der Waals surface area contributed by atoms with E-state index in [1.54, 1.807) is 0 Å². The van der Waals surface area contributed by atoms with Crippen molar-refractivity contribution < 1.29 is 23.4 Å². The standard InChI is InChI=1S/C9H7ClF2O3/c10-6(9(13)14)4-15-8-3-5(11)1-2-7(8)12/h1-3,6H,4H2,(H,13,14). The van der Waals surface area contributed by atoms with Gasteiger partial charge in [0.15, 0.2) is 16.9 Å². The number of halogens is 3. The monoisotopic (exact) mass is 236 g/mol. The summed E-state index contributed by atoms with van der Waals surface area (Å²) in [6, 6.07) is 2.63. The van der Waals surface area contributed by atoms with E-state index in [9.17, 15) is 13.6 Å².